The van der Waals surface area contributed by atoms with Crippen molar-refractivity contribution in [2.45, 2.75) is 5.75 Å². The first-order valence-corrected chi connectivity index (χ1v) is 11.7. The molecule has 0 unspecified atom stereocenters. The fourth-order valence-electron chi connectivity index (χ4n) is 3.02. The van der Waals surface area contributed by atoms with Crippen molar-refractivity contribution in [3.05, 3.63) is 82.8 Å². The van der Waals surface area contributed by atoms with Crippen LogP contribution < -0.4 is 5.32 Å². The van der Waals surface area contributed by atoms with Gasteiger partial charge in [-0.3, -0.25) is 4.79 Å². The molecule has 0 fully saturated rings. The van der Waals surface area contributed by atoms with Gasteiger partial charge in [0.1, 0.15) is 11.3 Å². The summed E-state index contributed by atoms with van der Waals surface area (Å²) in [6.07, 6.45) is 0. The molecule has 152 valence electrons. The number of benzene rings is 3. The highest BCUT2D eigenvalue weighted by molar-refractivity contribution is 9.10. The van der Waals surface area contributed by atoms with Gasteiger partial charge in [-0.1, -0.05) is 40.2 Å². The van der Waals surface area contributed by atoms with E-state index >= 15 is 0 Å². The molecule has 8 heteroatoms. The van der Waals surface area contributed by atoms with Crippen LogP contribution in [0.5, 0.6) is 0 Å². The molecule has 0 saturated carbocycles. The van der Waals surface area contributed by atoms with Crippen LogP contribution in [0.4, 0.5) is 5.69 Å². The summed E-state index contributed by atoms with van der Waals surface area (Å²) in [6, 6.07) is 21.4. The molecule has 0 aliphatic rings. The predicted octanol–water partition coefficient (Wildman–Crippen LogP) is 4.81. The maximum atomic E-state index is 12.3. The molecule has 0 bridgehead atoms. The van der Waals surface area contributed by atoms with E-state index in [4.69, 9.17) is 4.42 Å². The Labute approximate surface area is 182 Å². The molecule has 0 spiro atoms. The Morgan fingerprint density at radius 3 is 2.50 bits per heavy atom. The fraction of sp³-hybridized carbons (Fsp3) is 0.0909. The number of hydrogen-bond donors (Lipinski definition) is 1. The summed E-state index contributed by atoms with van der Waals surface area (Å²) < 4.78 is 31.2. The molecule has 0 aliphatic heterocycles. The van der Waals surface area contributed by atoms with Crippen molar-refractivity contribution >= 4 is 48.5 Å². The van der Waals surface area contributed by atoms with Crippen LogP contribution in [0, 0.1) is 0 Å². The number of hydrogen-bond acceptors (Lipinski definition) is 5. The number of oxazole rings is 1. The van der Waals surface area contributed by atoms with Crippen molar-refractivity contribution in [3.8, 4) is 11.5 Å². The number of carbonyl (C=O) groups excluding carboxylic acids is 1. The van der Waals surface area contributed by atoms with Crippen LogP contribution in [-0.4, -0.2) is 25.1 Å². The number of amides is 1. The Bertz CT molecular complexity index is 1280. The topological polar surface area (TPSA) is 89.3 Å². The van der Waals surface area contributed by atoms with Crippen LogP contribution in [-0.2, 0) is 20.4 Å². The van der Waals surface area contributed by atoms with E-state index in [9.17, 15) is 13.2 Å². The summed E-state index contributed by atoms with van der Waals surface area (Å²) in [5.41, 5.74) is 3.34. The molecule has 1 aromatic heterocycles. The lowest BCUT2D eigenvalue weighted by Gasteiger charge is -2.07. The van der Waals surface area contributed by atoms with Crippen LogP contribution in [0.25, 0.3) is 22.6 Å². The zero-order valence-electron chi connectivity index (χ0n) is 15.7. The average Bonchev–Trinajstić information content (AvgIpc) is 3.12. The number of nitrogens with zero attached hydrogens (tertiary/aromatic N) is 1. The molecule has 1 N–H and O–H groups in total. The highest BCUT2D eigenvalue weighted by Gasteiger charge is 2.18. The molecule has 0 aliphatic carbocycles. The van der Waals surface area contributed by atoms with E-state index in [-0.39, 0.29) is 5.75 Å². The number of para-hydroxylation sites is 2. The second-order valence-electron chi connectivity index (χ2n) is 6.77. The molecule has 4 aromatic rings. The minimum absolute atomic E-state index is 0.198. The molecular formula is C22H17BrN2O4S. The number of nitrogens with one attached hydrogen (secondary N) is 1. The molecule has 3 aromatic carbocycles. The van der Waals surface area contributed by atoms with Crippen molar-refractivity contribution in [2.75, 3.05) is 11.1 Å². The van der Waals surface area contributed by atoms with E-state index in [0.29, 0.717) is 22.7 Å². The van der Waals surface area contributed by atoms with E-state index in [0.717, 1.165) is 15.6 Å². The number of halogens is 1. The first kappa shape index (κ1) is 20.3. The molecule has 4 rings (SSSR count). The summed E-state index contributed by atoms with van der Waals surface area (Å²) >= 11 is 3.31. The van der Waals surface area contributed by atoms with Crippen molar-refractivity contribution in [1.29, 1.82) is 0 Å². The van der Waals surface area contributed by atoms with Gasteiger partial charge >= 0.3 is 0 Å². The van der Waals surface area contributed by atoms with E-state index in [1.165, 1.54) is 0 Å². The Hall–Kier alpha value is -2.97. The van der Waals surface area contributed by atoms with Gasteiger partial charge in [-0.25, -0.2) is 13.4 Å². The largest absolute Gasteiger partial charge is 0.436 e. The SMILES string of the molecule is O=C(CS(=O)(=O)Cc1cccc(Br)c1)Nc1ccc(-c2nc3ccccc3o2)cc1. The van der Waals surface area contributed by atoms with Gasteiger partial charge < -0.3 is 9.73 Å². The molecule has 0 atom stereocenters. The van der Waals surface area contributed by atoms with Gasteiger partial charge in [0.25, 0.3) is 0 Å². The first-order valence-electron chi connectivity index (χ1n) is 9.09. The van der Waals surface area contributed by atoms with Crippen molar-refractivity contribution in [3.63, 3.8) is 0 Å². The van der Waals surface area contributed by atoms with Crippen LogP contribution >= 0.6 is 15.9 Å². The maximum Gasteiger partial charge on any atom is 0.239 e. The Morgan fingerprint density at radius 2 is 1.77 bits per heavy atom. The van der Waals surface area contributed by atoms with Crippen molar-refractivity contribution in [1.82, 2.24) is 4.98 Å². The molecule has 1 amide bonds. The number of fused-ring (bicyclic) bond motifs is 1. The summed E-state index contributed by atoms with van der Waals surface area (Å²) in [7, 11) is -3.59. The normalized spacial score (nSPS) is 11.5. The zero-order chi connectivity index (χ0) is 21.1. The van der Waals surface area contributed by atoms with E-state index < -0.39 is 21.5 Å². The van der Waals surface area contributed by atoms with Gasteiger partial charge in [-0.2, -0.15) is 0 Å². The standard InChI is InChI=1S/C22H17BrN2O4S/c23-17-5-3-4-15(12-17)13-30(27,28)14-21(26)24-18-10-8-16(9-11-18)22-25-19-6-1-2-7-20(19)29-22/h1-12H,13-14H2,(H,24,26). The number of rotatable bonds is 6. The van der Waals surface area contributed by atoms with Crippen LogP contribution in [0.2, 0.25) is 0 Å². The lowest BCUT2D eigenvalue weighted by atomic mass is 10.2. The molecular weight excluding hydrogens is 468 g/mol. The molecule has 6 nitrogen and oxygen atoms in total. The Kier molecular flexibility index (Phi) is 5.69. The first-order chi connectivity index (χ1) is 14.4. The van der Waals surface area contributed by atoms with Gasteiger partial charge in [0.15, 0.2) is 15.4 Å². The number of aromatic nitrogens is 1. The van der Waals surface area contributed by atoms with Crippen LogP contribution in [0.3, 0.4) is 0 Å². The lowest BCUT2D eigenvalue weighted by Crippen LogP contribution is -2.23. The van der Waals surface area contributed by atoms with Crippen LogP contribution in [0.1, 0.15) is 5.56 Å². The monoisotopic (exact) mass is 484 g/mol. The Balaban J connectivity index is 1.40. The maximum absolute atomic E-state index is 12.3. The molecule has 0 saturated heterocycles. The summed E-state index contributed by atoms with van der Waals surface area (Å²) in [5, 5.41) is 2.62. The summed E-state index contributed by atoms with van der Waals surface area (Å²) in [4.78, 5) is 16.7. The number of sulfone groups is 1. The molecule has 30 heavy (non-hydrogen) atoms. The predicted molar refractivity (Wildman–Crippen MR) is 120 cm³/mol. The zero-order valence-corrected chi connectivity index (χ0v) is 18.1. The third-order valence-corrected chi connectivity index (χ3v) is 6.30. The minimum Gasteiger partial charge on any atom is -0.436 e. The molecule has 0 radical (unpaired) electrons. The minimum atomic E-state index is -3.59. The highest BCUT2D eigenvalue weighted by Crippen LogP contribution is 2.25. The number of carbonyl (C=O) groups is 1. The second-order valence-corrected chi connectivity index (χ2v) is 9.75. The van der Waals surface area contributed by atoms with Gasteiger partial charge in [-0.15, -0.1) is 0 Å². The van der Waals surface area contributed by atoms with E-state index in [2.05, 4.69) is 26.2 Å². The van der Waals surface area contributed by atoms with Gasteiger partial charge in [0.2, 0.25) is 11.8 Å². The van der Waals surface area contributed by atoms with Crippen LogP contribution in [0.15, 0.2) is 81.7 Å². The molecule has 1 heterocycles. The van der Waals surface area contributed by atoms with E-state index in [1.807, 2.05) is 30.3 Å². The second kappa shape index (κ2) is 8.41. The summed E-state index contributed by atoms with van der Waals surface area (Å²) in [6.45, 7) is 0. The quantitative estimate of drug-likeness (QED) is 0.424. The van der Waals surface area contributed by atoms with Gasteiger partial charge in [0, 0.05) is 15.7 Å². The number of anilines is 1. The van der Waals surface area contributed by atoms with Gasteiger partial charge in [-0.05, 0) is 54.1 Å². The smallest absolute Gasteiger partial charge is 0.239 e. The van der Waals surface area contributed by atoms with E-state index in [1.54, 1.807) is 42.5 Å². The third kappa shape index (κ3) is 4.95. The lowest BCUT2D eigenvalue weighted by molar-refractivity contribution is -0.113. The summed E-state index contributed by atoms with van der Waals surface area (Å²) in [5.74, 6) is -0.895. The third-order valence-electron chi connectivity index (χ3n) is 4.34. The fourth-order valence-corrected chi connectivity index (χ4v) is 4.73. The van der Waals surface area contributed by atoms with Crippen molar-refractivity contribution < 1.29 is 17.6 Å². The van der Waals surface area contributed by atoms with Gasteiger partial charge in [0.05, 0.1) is 5.75 Å². The van der Waals surface area contributed by atoms with Crippen molar-refractivity contribution in [2.24, 2.45) is 0 Å². The highest BCUT2D eigenvalue weighted by atomic mass is 79.9. The Morgan fingerprint density at radius 1 is 1.00 bits per heavy atom. The average molecular weight is 485 g/mol.